The summed E-state index contributed by atoms with van der Waals surface area (Å²) in [6, 6.07) is 0. The molecule has 1 rings (SSSR count). The first kappa shape index (κ1) is 14.3. The van der Waals surface area contributed by atoms with Crippen molar-refractivity contribution in [2.45, 2.75) is 12.6 Å². The summed E-state index contributed by atoms with van der Waals surface area (Å²) >= 11 is 0. The van der Waals surface area contributed by atoms with Gasteiger partial charge in [0.2, 0.25) is 0 Å². The van der Waals surface area contributed by atoms with E-state index < -0.39 is 42.5 Å². The number of aliphatic carboxylic acids is 1. The maximum atomic E-state index is 12.4. The quantitative estimate of drug-likeness (QED) is 0.741. The number of carboxylic acids is 1. The topological polar surface area (TPSA) is 75.6 Å². The summed E-state index contributed by atoms with van der Waals surface area (Å²) in [7, 11) is 0. The van der Waals surface area contributed by atoms with Gasteiger partial charge >= 0.3 is 18.2 Å². The molecule has 0 bridgehead atoms. The molecule has 8 heteroatoms. The lowest BCUT2D eigenvalue weighted by atomic mass is 10.0. The van der Waals surface area contributed by atoms with Gasteiger partial charge < -0.3 is 15.2 Å². The van der Waals surface area contributed by atoms with Crippen LogP contribution >= 0.6 is 0 Å². The maximum absolute atomic E-state index is 12.4. The highest BCUT2D eigenvalue weighted by atomic mass is 19.4. The first-order chi connectivity index (χ1) is 8.24. The van der Waals surface area contributed by atoms with E-state index in [1.165, 1.54) is 6.08 Å². The van der Waals surface area contributed by atoms with Crippen molar-refractivity contribution in [2.24, 2.45) is 11.3 Å². The highest BCUT2D eigenvalue weighted by Gasteiger charge is 2.71. The monoisotopic (exact) mass is 267 g/mol. The summed E-state index contributed by atoms with van der Waals surface area (Å²) in [5.41, 5.74) is -1.97. The number of halogens is 3. The minimum atomic E-state index is -4.58. The van der Waals surface area contributed by atoms with E-state index in [1.54, 1.807) is 0 Å². The number of rotatable bonds is 5. The molecule has 0 aliphatic heterocycles. The molecule has 0 heterocycles. The second-order valence-corrected chi connectivity index (χ2v) is 4.00. The summed E-state index contributed by atoms with van der Waals surface area (Å²) in [4.78, 5) is 21.9. The van der Waals surface area contributed by atoms with Gasteiger partial charge in [0.25, 0.3) is 0 Å². The van der Waals surface area contributed by atoms with Gasteiger partial charge in [0, 0.05) is 6.54 Å². The Balaban J connectivity index is 2.55. The number of carbonyl (C=O) groups excluding carboxylic acids is 1. The molecule has 1 aliphatic rings. The van der Waals surface area contributed by atoms with Crippen LogP contribution in [0, 0.1) is 11.3 Å². The van der Waals surface area contributed by atoms with Gasteiger partial charge in [-0.25, -0.2) is 4.79 Å². The van der Waals surface area contributed by atoms with Crippen molar-refractivity contribution in [3.8, 4) is 0 Å². The van der Waals surface area contributed by atoms with E-state index in [0.717, 1.165) is 0 Å². The lowest BCUT2D eigenvalue weighted by Gasteiger charge is -2.14. The van der Waals surface area contributed by atoms with E-state index in [2.05, 4.69) is 11.3 Å². The van der Waals surface area contributed by atoms with Gasteiger partial charge in [-0.3, -0.25) is 4.79 Å². The first-order valence-corrected chi connectivity index (χ1v) is 5.05. The van der Waals surface area contributed by atoms with Crippen molar-refractivity contribution in [2.75, 3.05) is 13.2 Å². The highest BCUT2D eigenvalue weighted by Crippen LogP contribution is 2.60. The average molecular weight is 267 g/mol. The number of alkyl halides is 3. The molecular formula is C10H12F3NO4. The summed E-state index contributed by atoms with van der Waals surface area (Å²) in [6.45, 7) is 2.57. The molecule has 0 aromatic rings. The largest absolute Gasteiger partial charge is 0.481 e. The Labute approximate surface area is 101 Å². The molecule has 0 aromatic carbocycles. The summed E-state index contributed by atoms with van der Waals surface area (Å²) < 4.78 is 41.7. The second kappa shape index (κ2) is 4.87. The van der Waals surface area contributed by atoms with Gasteiger partial charge in [-0.05, 0) is 6.42 Å². The third kappa shape index (κ3) is 2.93. The summed E-state index contributed by atoms with van der Waals surface area (Å²) in [5.74, 6) is -3.50. The van der Waals surface area contributed by atoms with Crippen LogP contribution in [0.5, 0.6) is 0 Å². The van der Waals surface area contributed by atoms with Gasteiger partial charge in [0.1, 0.15) is 6.61 Å². The number of nitrogens with one attached hydrogen (secondary N) is 1. The molecule has 1 aliphatic carbocycles. The Morgan fingerprint density at radius 2 is 2.17 bits per heavy atom. The molecule has 2 N–H and O–H groups in total. The number of carboxylic acid groups (broad SMARTS) is 1. The van der Waals surface area contributed by atoms with E-state index in [1.807, 2.05) is 5.32 Å². The smallest absolute Gasteiger partial charge is 0.407 e. The third-order valence-corrected chi connectivity index (χ3v) is 2.78. The second-order valence-electron chi connectivity index (χ2n) is 4.00. The Hall–Kier alpha value is -1.73. The molecule has 1 fully saturated rings. The number of amides is 1. The van der Waals surface area contributed by atoms with E-state index in [0.29, 0.717) is 0 Å². The molecule has 1 amide bonds. The Bertz CT molecular complexity index is 369. The molecule has 1 saturated carbocycles. The summed E-state index contributed by atoms with van der Waals surface area (Å²) in [6.07, 6.45) is -4.80. The first-order valence-electron chi connectivity index (χ1n) is 5.05. The molecule has 0 spiro atoms. The van der Waals surface area contributed by atoms with Crippen molar-refractivity contribution >= 4 is 12.1 Å². The predicted molar refractivity (Wildman–Crippen MR) is 53.8 cm³/mol. The van der Waals surface area contributed by atoms with Crippen molar-refractivity contribution in [3.63, 3.8) is 0 Å². The fourth-order valence-corrected chi connectivity index (χ4v) is 1.66. The molecule has 18 heavy (non-hydrogen) atoms. The van der Waals surface area contributed by atoms with E-state index in [4.69, 9.17) is 5.11 Å². The standard InChI is InChI=1S/C10H12F3NO4/c1-2-3-18-8(17)14-5-9(7(15)16)4-6(9)10(11,12)13/h2,6H,1,3-5H2,(H,14,17)(H,15,16). The van der Waals surface area contributed by atoms with Crippen LogP contribution in [-0.2, 0) is 9.53 Å². The van der Waals surface area contributed by atoms with E-state index in [-0.39, 0.29) is 6.61 Å². The Kier molecular flexibility index (Phi) is 3.88. The van der Waals surface area contributed by atoms with Crippen LogP contribution in [0.4, 0.5) is 18.0 Å². The number of alkyl carbamates (subject to hydrolysis) is 1. The van der Waals surface area contributed by atoms with Gasteiger partial charge in [0.15, 0.2) is 0 Å². The van der Waals surface area contributed by atoms with E-state index >= 15 is 0 Å². The molecule has 2 unspecified atom stereocenters. The normalized spacial score (nSPS) is 26.3. The Morgan fingerprint density at radius 3 is 2.56 bits per heavy atom. The average Bonchev–Trinajstić information content (AvgIpc) is 2.99. The minimum absolute atomic E-state index is 0.103. The van der Waals surface area contributed by atoms with Crippen LogP contribution in [-0.4, -0.2) is 36.5 Å². The van der Waals surface area contributed by atoms with Crippen molar-refractivity contribution < 1.29 is 32.6 Å². The van der Waals surface area contributed by atoms with Gasteiger partial charge in [-0.2, -0.15) is 13.2 Å². The zero-order chi connectivity index (χ0) is 14.0. The number of ether oxygens (including phenoxy) is 1. The molecular weight excluding hydrogens is 255 g/mol. The van der Waals surface area contributed by atoms with Gasteiger partial charge in [0.05, 0.1) is 11.3 Å². The van der Waals surface area contributed by atoms with Crippen LogP contribution in [0.25, 0.3) is 0 Å². The van der Waals surface area contributed by atoms with Crippen molar-refractivity contribution in [3.05, 3.63) is 12.7 Å². The number of carbonyl (C=O) groups is 2. The van der Waals surface area contributed by atoms with Crippen LogP contribution in [0.3, 0.4) is 0 Å². The van der Waals surface area contributed by atoms with Crippen molar-refractivity contribution in [1.82, 2.24) is 5.32 Å². The van der Waals surface area contributed by atoms with E-state index in [9.17, 15) is 22.8 Å². The minimum Gasteiger partial charge on any atom is -0.481 e. The maximum Gasteiger partial charge on any atom is 0.407 e. The SMILES string of the molecule is C=CCOC(=O)NCC1(C(=O)O)CC1C(F)(F)F. The molecule has 0 saturated heterocycles. The van der Waals surface area contributed by atoms with Crippen LogP contribution in [0.1, 0.15) is 6.42 Å². The number of hydrogen-bond donors (Lipinski definition) is 2. The molecule has 0 aromatic heterocycles. The molecule has 5 nitrogen and oxygen atoms in total. The lowest BCUT2D eigenvalue weighted by molar-refractivity contribution is -0.168. The predicted octanol–water partition coefficient (Wildman–Crippen LogP) is 1.55. The Morgan fingerprint density at radius 1 is 1.56 bits per heavy atom. The van der Waals surface area contributed by atoms with Crippen molar-refractivity contribution in [1.29, 1.82) is 0 Å². The lowest BCUT2D eigenvalue weighted by Crippen LogP contribution is -2.37. The zero-order valence-corrected chi connectivity index (χ0v) is 9.29. The third-order valence-electron chi connectivity index (χ3n) is 2.78. The fourth-order valence-electron chi connectivity index (χ4n) is 1.66. The highest BCUT2D eigenvalue weighted by molar-refractivity contribution is 5.80. The van der Waals surface area contributed by atoms with Crippen LogP contribution in [0.2, 0.25) is 0 Å². The van der Waals surface area contributed by atoms with Gasteiger partial charge in [-0.15, -0.1) is 0 Å². The molecule has 2 atom stereocenters. The zero-order valence-electron chi connectivity index (χ0n) is 9.29. The summed E-state index contributed by atoms with van der Waals surface area (Å²) in [5, 5.41) is 10.8. The fraction of sp³-hybridized carbons (Fsp3) is 0.600. The van der Waals surface area contributed by atoms with Crippen LogP contribution in [0.15, 0.2) is 12.7 Å². The molecule has 0 radical (unpaired) electrons. The number of hydrogen-bond acceptors (Lipinski definition) is 3. The van der Waals surface area contributed by atoms with Gasteiger partial charge in [-0.1, -0.05) is 12.7 Å². The molecule has 102 valence electrons. The van der Waals surface area contributed by atoms with Crippen LogP contribution < -0.4 is 5.32 Å².